The van der Waals surface area contributed by atoms with E-state index in [1.165, 1.54) is 6.08 Å². The maximum absolute atomic E-state index is 11.3. The van der Waals surface area contributed by atoms with Crippen LogP contribution in [-0.4, -0.2) is 32.2 Å². The number of amides is 1. The molecule has 1 heterocycles. The van der Waals surface area contributed by atoms with Crippen LogP contribution in [0.2, 0.25) is 0 Å². The molecule has 5 nitrogen and oxygen atoms in total. The quantitative estimate of drug-likeness (QED) is 0.645. The van der Waals surface area contributed by atoms with Crippen LogP contribution >= 0.6 is 0 Å². The van der Waals surface area contributed by atoms with Crippen LogP contribution in [0.25, 0.3) is 0 Å². The van der Waals surface area contributed by atoms with Gasteiger partial charge in [0.15, 0.2) is 9.84 Å². The average Bonchev–Trinajstić information content (AvgIpc) is 2.44. The first-order valence-corrected chi connectivity index (χ1v) is 6.13. The van der Waals surface area contributed by atoms with Crippen LogP contribution in [0.1, 0.15) is 13.3 Å². The van der Waals surface area contributed by atoms with E-state index in [9.17, 15) is 13.2 Å². The molecule has 80 valence electrons. The topological polar surface area (TPSA) is 89.3 Å². The molecule has 0 radical (unpaired) electrons. The molecule has 14 heavy (non-hydrogen) atoms. The molecule has 6 heteroatoms. The fourth-order valence-electron chi connectivity index (χ4n) is 1.14. The molecule has 1 rings (SSSR count). The number of sulfone groups is 1. The van der Waals surface area contributed by atoms with E-state index in [1.54, 1.807) is 6.92 Å². The normalized spacial score (nSPS) is 26.0. The van der Waals surface area contributed by atoms with Gasteiger partial charge in [-0.3, -0.25) is 4.79 Å². The highest BCUT2D eigenvalue weighted by atomic mass is 32.2. The molecule has 3 N–H and O–H groups in total. The van der Waals surface area contributed by atoms with E-state index in [2.05, 4.69) is 5.32 Å². The van der Waals surface area contributed by atoms with Crippen LogP contribution in [0.15, 0.2) is 11.5 Å². The Labute approximate surface area is 83.3 Å². The summed E-state index contributed by atoms with van der Waals surface area (Å²) in [7, 11) is -3.11. The lowest BCUT2D eigenvalue weighted by Crippen LogP contribution is -2.45. The first kappa shape index (κ1) is 11.2. The number of carbonyl (C=O) groups excluding carboxylic acids is 1. The SMILES string of the molecule is CCC(N)C(=O)NC1C=CS(=O)(=O)C1. The second-order valence-corrected chi connectivity index (χ2v) is 5.22. The van der Waals surface area contributed by atoms with Crippen molar-refractivity contribution in [2.75, 3.05) is 5.75 Å². The van der Waals surface area contributed by atoms with Crippen molar-refractivity contribution in [2.45, 2.75) is 25.4 Å². The molecule has 1 aliphatic heterocycles. The van der Waals surface area contributed by atoms with E-state index in [0.29, 0.717) is 6.42 Å². The van der Waals surface area contributed by atoms with Crippen molar-refractivity contribution in [3.63, 3.8) is 0 Å². The Morgan fingerprint density at radius 1 is 1.71 bits per heavy atom. The fraction of sp³-hybridized carbons (Fsp3) is 0.625. The maximum atomic E-state index is 11.3. The van der Waals surface area contributed by atoms with Gasteiger partial charge in [-0.1, -0.05) is 6.92 Å². The second kappa shape index (κ2) is 4.10. The monoisotopic (exact) mass is 218 g/mol. The molecule has 0 saturated carbocycles. The summed E-state index contributed by atoms with van der Waals surface area (Å²) < 4.78 is 22.0. The van der Waals surface area contributed by atoms with Gasteiger partial charge in [0, 0.05) is 5.41 Å². The van der Waals surface area contributed by atoms with Gasteiger partial charge in [0.2, 0.25) is 5.91 Å². The number of nitrogens with two attached hydrogens (primary N) is 1. The van der Waals surface area contributed by atoms with Crippen molar-refractivity contribution in [1.82, 2.24) is 5.32 Å². The zero-order valence-corrected chi connectivity index (χ0v) is 8.75. The van der Waals surface area contributed by atoms with Crippen molar-refractivity contribution in [3.8, 4) is 0 Å². The van der Waals surface area contributed by atoms with Crippen molar-refractivity contribution in [1.29, 1.82) is 0 Å². The van der Waals surface area contributed by atoms with Gasteiger partial charge in [-0.25, -0.2) is 8.42 Å². The largest absolute Gasteiger partial charge is 0.347 e. The lowest BCUT2D eigenvalue weighted by atomic mass is 10.2. The molecule has 0 aromatic carbocycles. The molecule has 0 aromatic heterocycles. The Morgan fingerprint density at radius 2 is 2.36 bits per heavy atom. The van der Waals surface area contributed by atoms with Crippen LogP contribution in [0.5, 0.6) is 0 Å². The summed E-state index contributed by atoms with van der Waals surface area (Å²) in [6.45, 7) is 1.80. The minimum Gasteiger partial charge on any atom is -0.347 e. The molecule has 0 spiro atoms. The van der Waals surface area contributed by atoms with E-state index in [4.69, 9.17) is 5.73 Å². The van der Waals surface area contributed by atoms with Crippen LogP contribution in [0.3, 0.4) is 0 Å². The van der Waals surface area contributed by atoms with Gasteiger partial charge in [-0.2, -0.15) is 0 Å². The first-order chi connectivity index (χ1) is 6.44. The van der Waals surface area contributed by atoms with Gasteiger partial charge < -0.3 is 11.1 Å². The average molecular weight is 218 g/mol. The van der Waals surface area contributed by atoms with Crippen LogP contribution in [0, 0.1) is 0 Å². The Morgan fingerprint density at radius 3 is 2.79 bits per heavy atom. The number of carbonyl (C=O) groups is 1. The van der Waals surface area contributed by atoms with E-state index in [0.717, 1.165) is 5.41 Å². The summed E-state index contributed by atoms with van der Waals surface area (Å²) in [5, 5.41) is 3.68. The number of nitrogens with one attached hydrogen (secondary N) is 1. The molecular formula is C8H14N2O3S. The molecular weight excluding hydrogens is 204 g/mol. The Bertz CT molecular complexity index is 348. The molecule has 0 aromatic rings. The van der Waals surface area contributed by atoms with Crippen molar-refractivity contribution in [2.24, 2.45) is 5.73 Å². The summed E-state index contributed by atoms with van der Waals surface area (Å²) in [5.74, 6) is -0.367. The third-order valence-corrected chi connectivity index (χ3v) is 3.43. The highest BCUT2D eigenvalue weighted by molar-refractivity contribution is 7.94. The molecule has 1 aliphatic rings. The highest BCUT2D eigenvalue weighted by Gasteiger charge is 2.24. The minimum absolute atomic E-state index is 0.0603. The van der Waals surface area contributed by atoms with Gasteiger partial charge in [0.05, 0.1) is 17.8 Å². The van der Waals surface area contributed by atoms with E-state index in [-0.39, 0.29) is 11.7 Å². The molecule has 2 unspecified atom stereocenters. The lowest BCUT2D eigenvalue weighted by Gasteiger charge is -2.13. The third kappa shape index (κ3) is 2.81. The molecule has 1 amide bonds. The minimum atomic E-state index is -3.11. The molecule has 0 bridgehead atoms. The summed E-state index contributed by atoms with van der Waals surface area (Å²) >= 11 is 0. The summed E-state index contributed by atoms with van der Waals surface area (Å²) in [4.78, 5) is 11.3. The van der Waals surface area contributed by atoms with Crippen molar-refractivity contribution in [3.05, 3.63) is 11.5 Å². The summed E-state index contributed by atoms with van der Waals surface area (Å²) in [6.07, 6.45) is 2.00. The van der Waals surface area contributed by atoms with Gasteiger partial charge in [0.1, 0.15) is 0 Å². The van der Waals surface area contributed by atoms with Gasteiger partial charge in [-0.05, 0) is 12.5 Å². The van der Waals surface area contributed by atoms with Crippen LogP contribution < -0.4 is 11.1 Å². The zero-order chi connectivity index (χ0) is 10.8. The highest BCUT2D eigenvalue weighted by Crippen LogP contribution is 2.07. The van der Waals surface area contributed by atoms with Crippen molar-refractivity contribution >= 4 is 15.7 Å². The van der Waals surface area contributed by atoms with Crippen molar-refractivity contribution < 1.29 is 13.2 Å². The smallest absolute Gasteiger partial charge is 0.237 e. The second-order valence-electron chi connectivity index (χ2n) is 3.29. The fourth-order valence-corrected chi connectivity index (χ4v) is 2.38. The van der Waals surface area contributed by atoms with Crippen LogP contribution in [0.4, 0.5) is 0 Å². The van der Waals surface area contributed by atoms with Crippen LogP contribution in [-0.2, 0) is 14.6 Å². The van der Waals surface area contributed by atoms with Gasteiger partial charge >= 0.3 is 0 Å². The molecule has 2 atom stereocenters. The van der Waals surface area contributed by atoms with Gasteiger partial charge in [-0.15, -0.1) is 0 Å². The summed E-state index contributed by atoms with van der Waals surface area (Å²) in [5.41, 5.74) is 5.48. The Balaban J connectivity index is 2.49. The molecule has 0 saturated heterocycles. The standard InChI is InChI=1S/C8H14N2O3S/c1-2-7(9)8(11)10-6-3-4-14(12,13)5-6/h3-4,6-7H,2,5,9H2,1H3,(H,10,11). The number of rotatable bonds is 3. The lowest BCUT2D eigenvalue weighted by molar-refractivity contribution is -0.122. The first-order valence-electron chi connectivity index (χ1n) is 4.41. The number of hydrogen-bond acceptors (Lipinski definition) is 4. The Hall–Kier alpha value is -0.880. The van der Waals surface area contributed by atoms with E-state index in [1.807, 2.05) is 0 Å². The number of hydrogen-bond donors (Lipinski definition) is 2. The predicted molar refractivity (Wildman–Crippen MR) is 53.1 cm³/mol. The predicted octanol–water partition coefficient (Wildman–Crippen LogP) is -0.849. The van der Waals surface area contributed by atoms with Gasteiger partial charge in [0.25, 0.3) is 0 Å². The van der Waals surface area contributed by atoms with E-state index >= 15 is 0 Å². The van der Waals surface area contributed by atoms with E-state index < -0.39 is 21.9 Å². The zero-order valence-electron chi connectivity index (χ0n) is 7.93. The molecule has 0 fully saturated rings. The molecule has 0 aliphatic carbocycles. The third-order valence-electron chi connectivity index (χ3n) is 2.03. The Kier molecular flexibility index (Phi) is 3.28. The maximum Gasteiger partial charge on any atom is 0.237 e. The summed E-state index contributed by atoms with van der Waals surface area (Å²) in [6, 6.07) is -0.989.